The third-order valence-electron chi connectivity index (χ3n) is 5.43. The lowest BCUT2D eigenvalue weighted by Crippen LogP contribution is -2.36. The first kappa shape index (κ1) is 18.6. The van der Waals surface area contributed by atoms with Gasteiger partial charge in [-0.05, 0) is 31.5 Å². The maximum Gasteiger partial charge on any atom is 0.269 e. The fourth-order valence-electron chi connectivity index (χ4n) is 3.76. The van der Waals surface area contributed by atoms with E-state index in [1.807, 2.05) is 13.8 Å². The molecule has 7 nitrogen and oxygen atoms in total. The minimum absolute atomic E-state index is 0.245. The molecule has 0 radical (unpaired) electrons. The number of rotatable bonds is 5. The van der Waals surface area contributed by atoms with Crippen molar-refractivity contribution >= 4 is 11.6 Å². The number of nitrogens with one attached hydrogen (secondary N) is 1. The highest BCUT2D eigenvalue weighted by atomic mass is 19.1. The van der Waals surface area contributed by atoms with Crippen LogP contribution in [0.15, 0.2) is 33.9 Å². The van der Waals surface area contributed by atoms with E-state index in [0.29, 0.717) is 25.2 Å². The van der Waals surface area contributed by atoms with E-state index in [0.717, 1.165) is 42.1 Å². The number of amides is 1. The summed E-state index contributed by atoms with van der Waals surface area (Å²) in [6, 6.07) is 6.04. The van der Waals surface area contributed by atoms with Gasteiger partial charge in [0.2, 0.25) is 0 Å². The van der Waals surface area contributed by atoms with Crippen LogP contribution in [0, 0.1) is 19.7 Å². The van der Waals surface area contributed by atoms with Crippen molar-refractivity contribution in [3.8, 4) is 0 Å². The van der Waals surface area contributed by atoms with Gasteiger partial charge in [0.05, 0.1) is 5.69 Å². The normalized spacial score (nSPS) is 21.8. The Morgan fingerprint density at radius 1 is 1.32 bits per heavy atom. The van der Waals surface area contributed by atoms with E-state index in [9.17, 15) is 9.18 Å². The Morgan fingerprint density at radius 2 is 2.11 bits per heavy atom. The Labute approximate surface area is 162 Å². The number of nitrogens with zero attached hydrogens (tertiary/aromatic N) is 3. The predicted octanol–water partition coefficient (Wildman–Crippen LogP) is 2.47. The molecule has 2 aromatic rings. The molecule has 28 heavy (non-hydrogen) atoms. The van der Waals surface area contributed by atoms with E-state index < -0.39 is 5.60 Å². The summed E-state index contributed by atoms with van der Waals surface area (Å²) >= 11 is 0. The number of aryl methyl sites for hydroxylation is 2. The fourth-order valence-corrected chi connectivity index (χ4v) is 3.76. The van der Waals surface area contributed by atoms with Gasteiger partial charge in [0, 0.05) is 44.6 Å². The van der Waals surface area contributed by atoms with E-state index in [1.54, 1.807) is 12.1 Å². The van der Waals surface area contributed by atoms with E-state index in [-0.39, 0.29) is 11.7 Å². The van der Waals surface area contributed by atoms with Crippen molar-refractivity contribution < 1.29 is 18.5 Å². The molecule has 1 aromatic carbocycles. The summed E-state index contributed by atoms with van der Waals surface area (Å²) in [5.41, 5.74) is 2.80. The van der Waals surface area contributed by atoms with E-state index in [1.165, 1.54) is 12.1 Å². The second-order valence-electron chi connectivity index (χ2n) is 7.56. The first-order valence-electron chi connectivity index (χ1n) is 9.36. The monoisotopic (exact) mass is 386 g/mol. The van der Waals surface area contributed by atoms with Crippen molar-refractivity contribution in [2.75, 3.05) is 13.1 Å². The van der Waals surface area contributed by atoms with Gasteiger partial charge in [-0.2, -0.15) is 0 Å². The van der Waals surface area contributed by atoms with Crippen molar-refractivity contribution in [2.45, 2.75) is 45.4 Å². The third-order valence-corrected chi connectivity index (χ3v) is 5.43. The number of hydrogen-bond donors (Lipinski definition) is 1. The number of carbonyl (C=O) groups excluding carboxylic acids is 1. The van der Waals surface area contributed by atoms with Gasteiger partial charge in [-0.15, -0.1) is 0 Å². The van der Waals surface area contributed by atoms with Crippen LogP contribution in [0.5, 0.6) is 0 Å². The van der Waals surface area contributed by atoms with Crippen molar-refractivity contribution in [2.24, 2.45) is 5.16 Å². The first-order chi connectivity index (χ1) is 13.4. The summed E-state index contributed by atoms with van der Waals surface area (Å²) in [5.74, 6) is 0.293. The van der Waals surface area contributed by atoms with Crippen molar-refractivity contribution in [1.29, 1.82) is 0 Å². The van der Waals surface area contributed by atoms with E-state index in [4.69, 9.17) is 9.36 Å². The summed E-state index contributed by atoms with van der Waals surface area (Å²) in [7, 11) is 0. The van der Waals surface area contributed by atoms with Crippen molar-refractivity contribution in [3.63, 3.8) is 0 Å². The Balaban J connectivity index is 1.30. The quantitative estimate of drug-likeness (QED) is 0.854. The molecule has 1 N–H and O–H groups in total. The number of likely N-dealkylation sites (tertiary alicyclic amines) is 1. The summed E-state index contributed by atoms with van der Waals surface area (Å²) in [6.45, 7) is 6.50. The summed E-state index contributed by atoms with van der Waals surface area (Å²) in [5, 5.41) is 10.9. The number of hydrogen-bond acceptors (Lipinski definition) is 6. The molecule has 2 aliphatic heterocycles. The second-order valence-corrected chi connectivity index (χ2v) is 7.56. The highest BCUT2D eigenvalue weighted by molar-refractivity contribution is 6.39. The summed E-state index contributed by atoms with van der Waals surface area (Å²) in [6.07, 6.45) is 1.30. The minimum Gasteiger partial charge on any atom is -0.387 e. The number of aromatic nitrogens is 1. The molecular formula is C20H23FN4O3. The lowest BCUT2D eigenvalue weighted by Gasteiger charge is -2.21. The largest absolute Gasteiger partial charge is 0.387 e. The highest BCUT2D eigenvalue weighted by Gasteiger charge is 2.46. The SMILES string of the molecule is Cc1noc(C)c1CN1CCC2(CC(C(=O)NCc3ccc(F)cc3)=NO2)C1. The average molecular weight is 386 g/mol. The molecule has 1 amide bonds. The van der Waals surface area contributed by atoms with Gasteiger partial charge in [0.25, 0.3) is 5.91 Å². The zero-order valence-corrected chi connectivity index (χ0v) is 16.0. The van der Waals surface area contributed by atoms with Crippen molar-refractivity contribution in [3.05, 3.63) is 52.7 Å². The molecule has 3 heterocycles. The Kier molecular flexibility index (Phi) is 4.89. The van der Waals surface area contributed by atoms with Gasteiger partial charge in [0.15, 0.2) is 5.60 Å². The molecule has 1 saturated heterocycles. The number of oxime groups is 1. The molecule has 0 bridgehead atoms. The Morgan fingerprint density at radius 3 is 2.82 bits per heavy atom. The van der Waals surface area contributed by atoms with Gasteiger partial charge in [-0.25, -0.2) is 4.39 Å². The fraction of sp³-hybridized carbons (Fsp3) is 0.450. The van der Waals surface area contributed by atoms with Gasteiger partial charge in [0.1, 0.15) is 17.3 Å². The Hall–Kier alpha value is -2.74. The topological polar surface area (TPSA) is 80.0 Å². The number of carbonyl (C=O) groups is 1. The standard InChI is InChI=1S/C20H23FN4O3/c1-13-17(14(2)27-23-13)11-25-8-7-20(12-25)9-18(24-28-20)19(26)22-10-15-3-5-16(21)6-4-15/h3-6H,7-12H2,1-2H3,(H,22,26). The third kappa shape index (κ3) is 3.77. The van der Waals surface area contributed by atoms with Crippen LogP contribution < -0.4 is 5.32 Å². The van der Waals surface area contributed by atoms with Crippen LogP contribution in [0.3, 0.4) is 0 Å². The molecule has 4 rings (SSSR count). The number of benzene rings is 1. The predicted molar refractivity (Wildman–Crippen MR) is 100.0 cm³/mol. The van der Waals surface area contributed by atoms with Gasteiger partial charge in [-0.3, -0.25) is 9.69 Å². The molecule has 1 spiro atoms. The van der Waals surface area contributed by atoms with Crippen LogP contribution >= 0.6 is 0 Å². The van der Waals surface area contributed by atoms with Crippen LogP contribution in [-0.2, 0) is 22.7 Å². The summed E-state index contributed by atoms with van der Waals surface area (Å²) in [4.78, 5) is 20.4. The van der Waals surface area contributed by atoms with Crippen LogP contribution in [0.1, 0.15) is 35.4 Å². The molecule has 148 valence electrons. The van der Waals surface area contributed by atoms with Crippen LogP contribution in [0.2, 0.25) is 0 Å². The maximum absolute atomic E-state index is 13.0. The molecule has 1 unspecified atom stereocenters. The van der Waals surface area contributed by atoms with E-state index in [2.05, 4.69) is 20.5 Å². The van der Waals surface area contributed by atoms with E-state index >= 15 is 0 Å². The molecule has 2 aliphatic rings. The van der Waals surface area contributed by atoms with Gasteiger partial charge in [-0.1, -0.05) is 22.4 Å². The molecular weight excluding hydrogens is 363 g/mol. The maximum atomic E-state index is 13.0. The lowest BCUT2D eigenvalue weighted by atomic mass is 9.96. The summed E-state index contributed by atoms with van der Waals surface area (Å²) < 4.78 is 18.2. The Bertz CT molecular complexity index is 889. The minimum atomic E-state index is -0.443. The molecule has 1 aromatic heterocycles. The molecule has 1 fully saturated rings. The number of halogens is 1. The highest BCUT2D eigenvalue weighted by Crippen LogP contribution is 2.35. The van der Waals surface area contributed by atoms with Gasteiger partial charge >= 0.3 is 0 Å². The van der Waals surface area contributed by atoms with Gasteiger partial charge < -0.3 is 14.7 Å². The molecule has 1 atom stereocenters. The average Bonchev–Trinajstić information content (AvgIpc) is 3.37. The zero-order valence-electron chi connectivity index (χ0n) is 16.0. The first-order valence-corrected chi connectivity index (χ1v) is 9.36. The van der Waals surface area contributed by atoms with Crippen LogP contribution in [0.25, 0.3) is 0 Å². The molecule has 0 aliphatic carbocycles. The molecule has 8 heteroatoms. The van der Waals surface area contributed by atoms with Crippen LogP contribution in [0.4, 0.5) is 4.39 Å². The van der Waals surface area contributed by atoms with Crippen molar-refractivity contribution in [1.82, 2.24) is 15.4 Å². The lowest BCUT2D eigenvalue weighted by molar-refractivity contribution is -0.115. The zero-order chi connectivity index (χ0) is 19.7. The van der Waals surface area contributed by atoms with Crippen LogP contribution in [-0.4, -0.2) is 40.4 Å². The molecule has 0 saturated carbocycles. The second kappa shape index (κ2) is 7.35. The smallest absolute Gasteiger partial charge is 0.269 e.